The van der Waals surface area contributed by atoms with Crippen molar-refractivity contribution < 1.29 is 25.2 Å². The highest BCUT2D eigenvalue weighted by atomic mass is 16.5. The molecule has 2 heterocycles. The van der Waals surface area contributed by atoms with Gasteiger partial charge in [-0.3, -0.25) is 5.01 Å². The zero-order chi connectivity index (χ0) is 20.5. The van der Waals surface area contributed by atoms with E-state index in [0.717, 1.165) is 23.4 Å². The predicted octanol–water partition coefficient (Wildman–Crippen LogP) is 0.616. The van der Waals surface area contributed by atoms with Crippen LogP contribution in [0, 0.1) is 0 Å². The Morgan fingerprint density at radius 1 is 0.966 bits per heavy atom. The molecule has 0 spiro atoms. The average molecular weight is 401 g/mol. The normalized spacial score (nSPS) is 28.9. The molecule has 1 fully saturated rings. The Labute approximate surface area is 169 Å². The van der Waals surface area contributed by atoms with Crippen molar-refractivity contribution in [2.75, 3.05) is 17.0 Å². The number of hydrogen-bond acceptors (Lipinski definition) is 8. The highest BCUT2D eigenvalue weighted by molar-refractivity contribution is 5.74. The maximum Gasteiger partial charge on any atom is 0.113 e. The van der Waals surface area contributed by atoms with Crippen molar-refractivity contribution in [1.82, 2.24) is 5.53 Å². The number of aliphatic hydroxyl groups is 4. The summed E-state index contributed by atoms with van der Waals surface area (Å²) in [6.45, 7) is 2.30. The molecule has 0 aliphatic carbocycles. The molecule has 8 heteroatoms. The van der Waals surface area contributed by atoms with E-state index in [9.17, 15) is 20.4 Å². The van der Waals surface area contributed by atoms with Crippen LogP contribution >= 0.6 is 0 Å². The molecule has 1 saturated heterocycles. The highest BCUT2D eigenvalue weighted by Gasteiger charge is 2.44. The Hall–Kier alpha value is -2.20. The first-order valence-corrected chi connectivity index (χ1v) is 9.83. The monoisotopic (exact) mass is 401 g/mol. The van der Waals surface area contributed by atoms with E-state index in [0.29, 0.717) is 12.1 Å². The fraction of sp³-hybridized carbons (Fsp3) is 0.429. The minimum Gasteiger partial charge on any atom is -0.394 e. The van der Waals surface area contributed by atoms with E-state index < -0.39 is 37.1 Å². The van der Waals surface area contributed by atoms with Crippen molar-refractivity contribution in [3.8, 4) is 0 Å². The standard InChI is InChI=1S/C21H27N3O5/c1-2-12-3-5-13(6-4-12)10-24-16-9-14(7-8-15(16)22-23-24)21-20(28)19(27)18(26)17(11-25)29-21/h3-9,17-23,25-28H,2,10-11H2,1H3/t17-,18-,19+,20-,21+/m1/s1. The lowest BCUT2D eigenvalue weighted by Gasteiger charge is -2.40. The summed E-state index contributed by atoms with van der Waals surface area (Å²) in [4.78, 5) is 0. The van der Waals surface area contributed by atoms with Gasteiger partial charge in [-0.2, -0.15) is 0 Å². The van der Waals surface area contributed by atoms with Gasteiger partial charge < -0.3 is 30.6 Å². The van der Waals surface area contributed by atoms with Crippen LogP contribution in [-0.4, -0.2) is 51.4 Å². The van der Waals surface area contributed by atoms with Gasteiger partial charge >= 0.3 is 0 Å². The largest absolute Gasteiger partial charge is 0.394 e. The topological polar surface area (TPSA) is 117 Å². The third-order valence-corrected chi connectivity index (χ3v) is 5.63. The summed E-state index contributed by atoms with van der Waals surface area (Å²) in [6, 6.07) is 13.9. The van der Waals surface area contributed by atoms with Gasteiger partial charge in [0.25, 0.3) is 0 Å². The molecule has 2 aliphatic rings. The van der Waals surface area contributed by atoms with Crippen LogP contribution in [0.1, 0.15) is 29.7 Å². The third kappa shape index (κ3) is 3.83. The van der Waals surface area contributed by atoms with Crippen LogP contribution in [-0.2, 0) is 17.7 Å². The van der Waals surface area contributed by atoms with Crippen molar-refractivity contribution in [3.05, 3.63) is 59.2 Å². The first-order chi connectivity index (χ1) is 14.0. The zero-order valence-corrected chi connectivity index (χ0v) is 16.2. The summed E-state index contributed by atoms with van der Waals surface area (Å²) >= 11 is 0. The van der Waals surface area contributed by atoms with E-state index >= 15 is 0 Å². The van der Waals surface area contributed by atoms with Crippen molar-refractivity contribution in [2.24, 2.45) is 0 Å². The second-order valence-corrected chi connectivity index (χ2v) is 7.52. The Kier molecular flexibility index (Phi) is 5.73. The molecule has 0 bridgehead atoms. The van der Waals surface area contributed by atoms with Crippen LogP contribution in [0.2, 0.25) is 0 Å². The lowest BCUT2D eigenvalue weighted by atomic mass is 9.91. The number of aliphatic hydroxyl groups excluding tert-OH is 4. The van der Waals surface area contributed by atoms with Gasteiger partial charge in [0.15, 0.2) is 0 Å². The van der Waals surface area contributed by atoms with Gasteiger partial charge in [0.05, 0.1) is 24.5 Å². The molecule has 0 radical (unpaired) electrons. The quantitative estimate of drug-likeness (QED) is 0.432. The van der Waals surface area contributed by atoms with E-state index in [1.165, 1.54) is 5.56 Å². The second kappa shape index (κ2) is 8.27. The van der Waals surface area contributed by atoms with Gasteiger partial charge in [-0.25, -0.2) is 0 Å². The van der Waals surface area contributed by atoms with E-state index in [4.69, 9.17) is 4.74 Å². The van der Waals surface area contributed by atoms with Crippen LogP contribution in [0.15, 0.2) is 42.5 Å². The molecule has 2 aromatic rings. The van der Waals surface area contributed by atoms with Gasteiger partial charge in [-0.15, -0.1) is 5.53 Å². The minimum absolute atomic E-state index is 0.449. The van der Waals surface area contributed by atoms with Crippen LogP contribution in [0.4, 0.5) is 11.4 Å². The lowest BCUT2D eigenvalue weighted by Crippen LogP contribution is -2.55. The Bertz CT molecular complexity index is 845. The number of nitrogens with zero attached hydrogens (tertiary/aromatic N) is 1. The minimum atomic E-state index is -1.40. The summed E-state index contributed by atoms with van der Waals surface area (Å²) < 4.78 is 5.69. The number of hydrazine groups is 2. The smallest absolute Gasteiger partial charge is 0.113 e. The highest BCUT2D eigenvalue weighted by Crippen LogP contribution is 2.37. The Morgan fingerprint density at radius 3 is 2.38 bits per heavy atom. The van der Waals surface area contributed by atoms with Gasteiger partial charge in [0.1, 0.15) is 30.5 Å². The maximum absolute atomic E-state index is 10.4. The van der Waals surface area contributed by atoms with Gasteiger partial charge in [-0.1, -0.05) is 37.3 Å². The number of benzene rings is 2. The van der Waals surface area contributed by atoms with Crippen LogP contribution in [0.25, 0.3) is 0 Å². The number of nitrogens with one attached hydrogen (secondary N) is 2. The van der Waals surface area contributed by atoms with Crippen LogP contribution < -0.4 is 16.0 Å². The molecule has 0 aromatic heterocycles. The molecule has 0 unspecified atom stereocenters. The molecule has 0 saturated carbocycles. The number of ether oxygens (including phenoxy) is 1. The number of fused-ring (bicyclic) bond motifs is 1. The molecule has 29 heavy (non-hydrogen) atoms. The molecule has 156 valence electrons. The predicted molar refractivity (Wildman–Crippen MR) is 108 cm³/mol. The maximum atomic E-state index is 10.4. The van der Waals surface area contributed by atoms with E-state index in [2.05, 4.69) is 42.1 Å². The number of aryl methyl sites for hydroxylation is 1. The first-order valence-electron chi connectivity index (χ1n) is 9.83. The van der Waals surface area contributed by atoms with Crippen molar-refractivity contribution in [1.29, 1.82) is 0 Å². The molecular weight excluding hydrogens is 374 g/mol. The van der Waals surface area contributed by atoms with Crippen molar-refractivity contribution in [2.45, 2.75) is 50.4 Å². The van der Waals surface area contributed by atoms with Crippen LogP contribution in [0.5, 0.6) is 0 Å². The fourth-order valence-electron chi connectivity index (χ4n) is 3.81. The molecule has 8 nitrogen and oxygen atoms in total. The molecule has 0 amide bonds. The van der Waals surface area contributed by atoms with Crippen LogP contribution in [0.3, 0.4) is 0 Å². The van der Waals surface area contributed by atoms with Gasteiger partial charge in [-0.05, 0) is 35.2 Å². The number of hydrogen-bond donors (Lipinski definition) is 6. The number of rotatable bonds is 5. The molecule has 6 N–H and O–H groups in total. The second-order valence-electron chi connectivity index (χ2n) is 7.52. The third-order valence-electron chi connectivity index (χ3n) is 5.63. The van der Waals surface area contributed by atoms with E-state index in [1.807, 2.05) is 17.1 Å². The van der Waals surface area contributed by atoms with Gasteiger partial charge in [0.2, 0.25) is 0 Å². The number of anilines is 2. The van der Waals surface area contributed by atoms with E-state index in [1.54, 1.807) is 6.07 Å². The lowest BCUT2D eigenvalue weighted by molar-refractivity contribution is -0.231. The van der Waals surface area contributed by atoms with Crippen molar-refractivity contribution >= 4 is 11.4 Å². The molecular formula is C21H27N3O5. The average Bonchev–Trinajstić information content (AvgIpc) is 3.15. The SMILES string of the molecule is CCc1ccc(CN2NNc3ccc([C@@H]4O[C@H](CO)[C@@H](O)[C@H](O)[C@H]4O)cc32)cc1. The Balaban J connectivity index is 1.56. The molecule has 5 atom stereocenters. The molecule has 2 aromatic carbocycles. The first kappa shape index (κ1) is 20.1. The van der Waals surface area contributed by atoms with E-state index in [-0.39, 0.29) is 0 Å². The fourth-order valence-corrected chi connectivity index (χ4v) is 3.81. The summed E-state index contributed by atoms with van der Waals surface area (Å²) in [6.07, 6.45) is -4.87. The summed E-state index contributed by atoms with van der Waals surface area (Å²) in [5.74, 6) is 0. The summed E-state index contributed by atoms with van der Waals surface area (Å²) in [5, 5.41) is 41.9. The zero-order valence-electron chi connectivity index (χ0n) is 16.2. The summed E-state index contributed by atoms with van der Waals surface area (Å²) in [7, 11) is 0. The summed E-state index contributed by atoms with van der Waals surface area (Å²) in [5.41, 5.74) is 11.1. The Morgan fingerprint density at radius 2 is 1.69 bits per heavy atom. The molecule has 2 aliphatic heterocycles. The van der Waals surface area contributed by atoms with Gasteiger partial charge in [0, 0.05) is 0 Å². The van der Waals surface area contributed by atoms with Crippen molar-refractivity contribution in [3.63, 3.8) is 0 Å². The molecule has 4 rings (SSSR count).